The maximum absolute atomic E-state index is 11.8. The first-order valence-electron chi connectivity index (χ1n) is 5.76. The molecule has 0 spiro atoms. The minimum Gasteiger partial charge on any atom is -0.493 e. The highest BCUT2D eigenvalue weighted by Gasteiger charge is 2.15. The lowest BCUT2D eigenvalue weighted by molar-refractivity contribution is -0.117. The van der Waals surface area contributed by atoms with Gasteiger partial charge in [-0.15, -0.1) is 12.3 Å². The van der Waals surface area contributed by atoms with Gasteiger partial charge in [-0.2, -0.15) is 0 Å². The second kappa shape index (κ2) is 6.66. The number of methoxy groups -OCH3 is 2. The van der Waals surface area contributed by atoms with E-state index in [1.807, 2.05) is 6.92 Å². The summed E-state index contributed by atoms with van der Waals surface area (Å²) < 4.78 is 10.4. The van der Waals surface area contributed by atoms with Crippen LogP contribution in [0, 0.1) is 19.3 Å². The first-order valence-corrected chi connectivity index (χ1v) is 5.76. The summed E-state index contributed by atoms with van der Waals surface area (Å²) in [6.07, 6.45) is 5.32. The number of carbonyl (C=O) groups excluding carboxylic acids is 1. The maximum atomic E-state index is 11.8. The van der Waals surface area contributed by atoms with Crippen LogP contribution in [0.2, 0.25) is 0 Å². The SMILES string of the molecule is C#CCC(N)C(=O)Nc1cc(OC)c(OC)cc1C. The fraction of sp³-hybridized carbons (Fsp3) is 0.357. The molecule has 0 bridgehead atoms. The van der Waals surface area contributed by atoms with E-state index in [0.29, 0.717) is 17.2 Å². The predicted octanol–water partition coefficient (Wildman–Crippen LogP) is 1.30. The Labute approximate surface area is 113 Å². The molecule has 0 saturated heterocycles. The zero-order valence-corrected chi connectivity index (χ0v) is 11.3. The van der Waals surface area contributed by atoms with Crippen molar-refractivity contribution in [2.75, 3.05) is 19.5 Å². The van der Waals surface area contributed by atoms with Crippen molar-refractivity contribution in [1.82, 2.24) is 0 Å². The van der Waals surface area contributed by atoms with E-state index in [2.05, 4.69) is 11.2 Å². The van der Waals surface area contributed by atoms with Crippen molar-refractivity contribution in [3.8, 4) is 23.8 Å². The normalized spacial score (nSPS) is 11.3. The third-order valence-corrected chi connectivity index (χ3v) is 2.66. The van der Waals surface area contributed by atoms with Gasteiger partial charge < -0.3 is 20.5 Å². The van der Waals surface area contributed by atoms with Crippen LogP contribution in [0.5, 0.6) is 11.5 Å². The highest BCUT2D eigenvalue weighted by atomic mass is 16.5. The first kappa shape index (κ1) is 14.9. The molecule has 1 aromatic carbocycles. The summed E-state index contributed by atoms with van der Waals surface area (Å²) in [5.74, 6) is 3.17. The number of ether oxygens (including phenoxy) is 2. The molecule has 0 saturated carbocycles. The van der Waals surface area contributed by atoms with Crippen LogP contribution in [0.3, 0.4) is 0 Å². The van der Waals surface area contributed by atoms with E-state index in [4.69, 9.17) is 21.6 Å². The van der Waals surface area contributed by atoms with Gasteiger partial charge in [-0.05, 0) is 18.6 Å². The van der Waals surface area contributed by atoms with Gasteiger partial charge in [0.15, 0.2) is 11.5 Å². The van der Waals surface area contributed by atoms with Crippen molar-refractivity contribution >= 4 is 11.6 Å². The molecule has 5 heteroatoms. The minimum atomic E-state index is -0.725. The molecule has 1 rings (SSSR count). The van der Waals surface area contributed by atoms with Gasteiger partial charge in [-0.3, -0.25) is 4.79 Å². The van der Waals surface area contributed by atoms with Crippen LogP contribution in [0.1, 0.15) is 12.0 Å². The zero-order chi connectivity index (χ0) is 14.4. The molecule has 0 aliphatic heterocycles. The Kier molecular flexibility index (Phi) is 5.22. The molecule has 0 fully saturated rings. The van der Waals surface area contributed by atoms with E-state index in [1.54, 1.807) is 19.2 Å². The van der Waals surface area contributed by atoms with Crippen LogP contribution in [-0.4, -0.2) is 26.2 Å². The van der Waals surface area contributed by atoms with E-state index >= 15 is 0 Å². The van der Waals surface area contributed by atoms with Crippen molar-refractivity contribution in [3.05, 3.63) is 17.7 Å². The Morgan fingerprint density at radius 1 is 1.42 bits per heavy atom. The third-order valence-electron chi connectivity index (χ3n) is 2.66. The third kappa shape index (κ3) is 3.63. The molecule has 102 valence electrons. The van der Waals surface area contributed by atoms with E-state index < -0.39 is 6.04 Å². The van der Waals surface area contributed by atoms with Crippen LogP contribution < -0.4 is 20.5 Å². The lowest BCUT2D eigenvalue weighted by Gasteiger charge is -2.15. The smallest absolute Gasteiger partial charge is 0.242 e. The molecule has 0 aromatic heterocycles. The average molecular weight is 262 g/mol. The van der Waals surface area contributed by atoms with Crippen molar-refractivity contribution in [2.24, 2.45) is 5.73 Å². The van der Waals surface area contributed by atoms with Crippen LogP contribution in [0.25, 0.3) is 0 Å². The molecule has 0 aliphatic carbocycles. The van der Waals surface area contributed by atoms with Gasteiger partial charge >= 0.3 is 0 Å². The fourth-order valence-corrected chi connectivity index (χ4v) is 1.56. The molecule has 3 N–H and O–H groups in total. The van der Waals surface area contributed by atoms with Crippen LogP contribution in [0.4, 0.5) is 5.69 Å². The molecule has 0 aliphatic rings. The number of terminal acetylenes is 1. The molecule has 1 aromatic rings. The molecule has 19 heavy (non-hydrogen) atoms. The number of anilines is 1. The summed E-state index contributed by atoms with van der Waals surface area (Å²) in [7, 11) is 3.08. The molecule has 5 nitrogen and oxygen atoms in total. The summed E-state index contributed by atoms with van der Waals surface area (Å²) in [5, 5.41) is 2.73. The topological polar surface area (TPSA) is 73.6 Å². The van der Waals surface area contributed by atoms with Gasteiger partial charge in [0, 0.05) is 18.2 Å². The van der Waals surface area contributed by atoms with E-state index in [-0.39, 0.29) is 12.3 Å². The minimum absolute atomic E-state index is 0.193. The number of aryl methyl sites for hydroxylation is 1. The summed E-state index contributed by atoms with van der Waals surface area (Å²) >= 11 is 0. The predicted molar refractivity (Wildman–Crippen MR) is 74.3 cm³/mol. The molecule has 0 heterocycles. The Bertz CT molecular complexity index is 506. The number of nitrogens with one attached hydrogen (secondary N) is 1. The molecule has 1 amide bonds. The number of benzene rings is 1. The van der Waals surface area contributed by atoms with Crippen LogP contribution in [-0.2, 0) is 4.79 Å². The number of rotatable bonds is 5. The molecular formula is C14H18N2O3. The first-order chi connectivity index (χ1) is 9.03. The number of hydrogen-bond acceptors (Lipinski definition) is 4. The van der Waals surface area contributed by atoms with Gasteiger partial charge in [0.25, 0.3) is 0 Å². The standard InChI is InChI=1S/C14H18N2O3/c1-5-6-10(15)14(17)16-11-8-13(19-4)12(18-3)7-9(11)2/h1,7-8,10H,6,15H2,2-4H3,(H,16,17). The number of amides is 1. The highest BCUT2D eigenvalue weighted by molar-refractivity contribution is 5.95. The summed E-state index contributed by atoms with van der Waals surface area (Å²) in [5.41, 5.74) is 7.11. The molecule has 1 atom stereocenters. The van der Waals surface area contributed by atoms with E-state index in [1.165, 1.54) is 7.11 Å². The maximum Gasteiger partial charge on any atom is 0.242 e. The van der Waals surface area contributed by atoms with Crippen molar-refractivity contribution < 1.29 is 14.3 Å². The van der Waals surface area contributed by atoms with Gasteiger partial charge in [0.05, 0.1) is 20.3 Å². The molecule has 0 radical (unpaired) electrons. The van der Waals surface area contributed by atoms with Crippen LogP contribution >= 0.6 is 0 Å². The van der Waals surface area contributed by atoms with Gasteiger partial charge in [0.2, 0.25) is 5.91 Å². The van der Waals surface area contributed by atoms with Gasteiger partial charge in [0.1, 0.15) is 0 Å². The average Bonchev–Trinajstić information content (AvgIpc) is 2.40. The second-order valence-electron chi connectivity index (χ2n) is 4.03. The largest absolute Gasteiger partial charge is 0.493 e. The monoisotopic (exact) mass is 262 g/mol. The van der Waals surface area contributed by atoms with Crippen LogP contribution in [0.15, 0.2) is 12.1 Å². The molecule has 1 unspecified atom stereocenters. The van der Waals surface area contributed by atoms with Crippen molar-refractivity contribution in [3.63, 3.8) is 0 Å². The summed E-state index contributed by atoms with van der Waals surface area (Å²) in [6, 6.07) is 2.74. The van der Waals surface area contributed by atoms with Gasteiger partial charge in [-0.25, -0.2) is 0 Å². The number of nitrogens with two attached hydrogens (primary N) is 1. The Morgan fingerprint density at radius 3 is 2.53 bits per heavy atom. The lowest BCUT2D eigenvalue weighted by Crippen LogP contribution is -2.35. The van der Waals surface area contributed by atoms with E-state index in [9.17, 15) is 4.79 Å². The highest BCUT2D eigenvalue weighted by Crippen LogP contribution is 2.32. The Hall–Kier alpha value is -2.19. The molecular weight excluding hydrogens is 244 g/mol. The zero-order valence-electron chi connectivity index (χ0n) is 11.3. The second-order valence-corrected chi connectivity index (χ2v) is 4.03. The fourth-order valence-electron chi connectivity index (χ4n) is 1.56. The van der Waals surface area contributed by atoms with Gasteiger partial charge in [-0.1, -0.05) is 0 Å². The lowest BCUT2D eigenvalue weighted by atomic mass is 10.1. The quantitative estimate of drug-likeness (QED) is 0.784. The Balaban J connectivity index is 2.96. The summed E-state index contributed by atoms with van der Waals surface area (Å²) in [6.45, 7) is 1.85. The van der Waals surface area contributed by atoms with E-state index in [0.717, 1.165) is 5.56 Å². The van der Waals surface area contributed by atoms with Crippen molar-refractivity contribution in [2.45, 2.75) is 19.4 Å². The summed E-state index contributed by atoms with van der Waals surface area (Å²) in [4.78, 5) is 11.8. The number of hydrogen-bond donors (Lipinski definition) is 2. The Morgan fingerprint density at radius 2 is 2.00 bits per heavy atom. The van der Waals surface area contributed by atoms with Crippen molar-refractivity contribution in [1.29, 1.82) is 0 Å². The number of carbonyl (C=O) groups is 1.